The summed E-state index contributed by atoms with van der Waals surface area (Å²) in [5.41, 5.74) is 6.84. The van der Waals surface area contributed by atoms with Gasteiger partial charge in [-0.3, -0.25) is 0 Å². The van der Waals surface area contributed by atoms with Gasteiger partial charge in [0.15, 0.2) is 0 Å². The van der Waals surface area contributed by atoms with Crippen molar-refractivity contribution in [2.24, 2.45) is 5.73 Å². The van der Waals surface area contributed by atoms with E-state index in [1.165, 1.54) is 0 Å². The molecule has 1 heterocycles. The molecule has 0 unspecified atom stereocenters. The highest BCUT2D eigenvalue weighted by atomic mass is 79.9. The molecule has 3 N–H and O–H groups in total. The highest BCUT2D eigenvalue weighted by Gasteiger charge is 2.19. The zero-order valence-electron chi connectivity index (χ0n) is 8.15. The van der Waals surface area contributed by atoms with E-state index in [9.17, 15) is 5.11 Å². The van der Waals surface area contributed by atoms with E-state index in [0.717, 1.165) is 9.35 Å². The van der Waals surface area contributed by atoms with E-state index in [4.69, 9.17) is 5.73 Å². The number of phenols is 1. The van der Waals surface area contributed by atoms with Crippen LogP contribution in [0.25, 0.3) is 0 Å². The molecule has 2 nitrogen and oxygen atoms in total. The minimum Gasteiger partial charge on any atom is -0.506 e. The van der Waals surface area contributed by atoms with Crippen LogP contribution >= 0.6 is 43.2 Å². The zero-order chi connectivity index (χ0) is 11.7. The van der Waals surface area contributed by atoms with Crippen LogP contribution in [-0.2, 0) is 0 Å². The molecular formula is C11H9Br2NOS. The number of rotatable bonds is 2. The van der Waals surface area contributed by atoms with E-state index in [1.54, 1.807) is 17.4 Å². The first kappa shape index (κ1) is 12.1. The lowest BCUT2D eigenvalue weighted by molar-refractivity contribution is 0.461. The number of nitrogens with two attached hydrogens (primary N) is 1. The summed E-state index contributed by atoms with van der Waals surface area (Å²) in [5, 5.41) is 12.0. The van der Waals surface area contributed by atoms with Crippen molar-refractivity contribution in [1.29, 1.82) is 0 Å². The normalized spacial score (nSPS) is 12.7. The maximum absolute atomic E-state index is 10.00. The molecule has 0 aliphatic carbocycles. The molecule has 0 fully saturated rings. The molecule has 0 amide bonds. The van der Waals surface area contributed by atoms with Crippen LogP contribution in [0.2, 0.25) is 0 Å². The Balaban J connectivity index is 2.52. The molecule has 1 atom stereocenters. The fourth-order valence-corrected chi connectivity index (χ4v) is 3.11. The molecule has 0 saturated heterocycles. The van der Waals surface area contributed by atoms with Crippen LogP contribution < -0.4 is 5.73 Å². The Bertz CT molecular complexity index is 499. The predicted octanol–water partition coefficient (Wildman–Crippen LogP) is 4.03. The summed E-state index contributed by atoms with van der Waals surface area (Å²) in [5.74, 6) is 0.190. The summed E-state index contributed by atoms with van der Waals surface area (Å²) in [6.07, 6.45) is 0. The summed E-state index contributed by atoms with van der Waals surface area (Å²) in [4.78, 5) is 1.02. The predicted molar refractivity (Wildman–Crippen MR) is 73.9 cm³/mol. The maximum atomic E-state index is 10.00. The summed E-state index contributed by atoms with van der Waals surface area (Å²) in [6, 6.07) is 7.24. The van der Waals surface area contributed by atoms with E-state index >= 15 is 0 Å². The molecule has 16 heavy (non-hydrogen) atoms. The van der Waals surface area contributed by atoms with Crippen molar-refractivity contribution >= 4 is 43.2 Å². The van der Waals surface area contributed by atoms with E-state index in [1.807, 2.05) is 23.6 Å². The number of thiophene rings is 1. The third kappa shape index (κ3) is 2.18. The zero-order valence-corrected chi connectivity index (χ0v) is 12.1. The molecule has 0 spiro atoms. The highest BCUT2D eigenvalue weighted by Crippen LogP contribution is 2.39. The molecule has 84 valence electrons. The van der Waals surface area contributed by atoms with Gasteiger partial charge in [-0.15, -0.1) is 11.3 Å². The van der Waals surface area contributed by atoms with Gasteiger partial charge in [0.2, 0.25) is 0 Å². The number of hydrogen-bond acceptors (Lipinski definition) is 3. The van der Waals surface area contributed by atoms with Gasteiger partial charge in [0.05, 0.1) is 10.5 Å². The molecule has 1 aromatic carbocycles. The Kier molecular flexibility index (Phi) is 3.69. The summed E-state index contributed by atoms with van der Waals surface area (Å²) >= 11 is 8.28. The first-order valence-corrected chi connectivity index (χ1v) is 7.03. The van der Waals surface area contributed by atoms with Crippen LogP contribution in [0.3, 0.4) is 0 Å². The lowest BCUT2D eigenvalue weighted by Crippen LogP contribution is -2.11. The first-order chi connectivity index (χ1) is 7.61. The fraction of sp³-hybridized carbons (Fsp3) is 0.0909. The highest BCUT2D eigenvalue weighted by molar-refractivity contribution is 9.11. The summed E-state index contributed by atoms with van der Waals surface area (Å²) in [6.45, 7) is 0. The second-order valence-electron chi connectivity index (χ2n) is 3.28. The van der Waals surface area contributed by atoms with Crippen molar-refractivity contribution in [3.05, 3.63) is 49.0 Å². The molecule has 0 bridgehead atoms. The van der Waals surface area contributed by atoms with Crippen LogP contribution in [-0.4, -0.2) is 5.11 Å². The summed E-state index contributed by atoms with van der Waals surface area (Å²) in [7, 11) is 0. The van der Waals surface area contributed by atoms with Gasteiger partial charge < -0.3 is 10.8 Å². The molecule has 1 aromatic heterocycles. The van der Waals surface area contributed by atoms with Crippen molar-refractivity contribution < 1.29 is 5.11 Å². The smallest absolute Gasteiger partial charge is 0.136 e. The Morgan fingerprint density at radius 1 is 1.19 bits per heavy atom. The third-order valence-electron chi connectivity index (χ3n) is 2.28. The average Bonchev–Trinajstić information content (AvgIpc) is 2.77. The molecule has 5 heteroatoms. The molecule has 2 aromatic rings. The van der Waals surface area contributed by atoms with Gasteiger partial charge >= 0.3 is 0 Å². The fourth-order valence-electron chi connectivity index (χ4n) is 1.46. The molecule has 2 rings (SSSR count). The summed E-state index contributed by atoms with van der Waals surface area (Å²) < 4.78 is 1.46. The second kappa shape index (κ2) is 4.87. The van der Waals surface area contributed by atoms with Gasteiger partial charge in [-0.2, -0.15) is 0 Å². The quantitative estimate of drug-likeness (QED) is 0.847. The Hall–Kier alpha value is -0.360. The van der Waals surface area contributed by atoms with Crippen LogP contribution in [0.5, 0.6) is 5.75 Å². The standard InChI is InChI=1S/C11H9Br2NOS/c12-6-3-4-7(13)11(15)9(6)10(14)8-2-1-5-16-8/h1-5,10,15H,14H2/t10-/m1/s1. The van der Waals surface area contributed by atoms with Crippen molar-refractivity contribution in [1.82, 2.24) is 0 Å². The van der Waals surface area contributed by atoms with Crippen LogP contribution in [0.1, 0.15) is 16.5 Å². The molecular weight excluding hydrogens is 354 g/mol. The minimum absolute atomic E-state index is 0.190. The number of benzene rings is 1. The largest absolute Gasteiger partial charge is 0.506 e. The Labute approximate surface area is 114 Å². The van der Waals surface area contributed by atoms with Crippen molar-refractivity contribution in [3.8, 4) is 5.75 Å². The Morgan fingerprint density at radius 2 is 1.88 bits per heavy atom. The van der Waals surface area contributed by atoms with Gasteiger partial charge in [-0.1, -0.05) is 22.0 Å². The van der Waals surface area contributed by atoms with Crippen LogP contribution in [0.4, 0.5) is 0 Å². The van der Waals surface area contributed by atoms with E-state index < -0.39 is 0 Å². The van der Waals surface area contributed by atoms with E-state index in [-0.39, 0.29) is 11.8 Å². The van der Waals surface area contributed by atoms with Gasteiger partial charge in [-0.05, 0) is 39.5 Å². The lowest BCUT2D eigenvalue weighted by Gasteiger charge is -2.15. The molecule has 0 aliphatic heterocycles. The maximum Gasteiger partial charge on any atom is 0.136 e. The van der Waals surface area contributed by atoms with Crippen molar-refractivity contribution in [3.63, 3.8) is 0 Å². The lowest BCUT2D eigenvalue weighted by atomic mass is 10.1. The van der Waals surface area contributed by atoms with Crippen molar-refractivity contribution in [2.75, 3.05) is 0 Å². The minimum atomic E-state index is -0.313. The van der Waals surface area contributed by atoms with Gasteiger partial charge in [0.1, 0.15) is 5.75 Å². The molecule has 0 saturated carbocycles. The van der Waals surface area contributed by atoms with Gasteiger partial charge in [-0.25, -0.2) is 0 Å². The van der Waals surface area contributed by atoms with Crippen molar-refractivity contribution in [2.45, 2.75) is 6.04 Å². The molecule has 0 radical (unpaired) electrons. The monoisotopic (exact) mass is 361 g/mol. The van der Waals surface area contributed by atoms with Crippen LogP contribution in [0, 0.1) is 0 Å². The Morgan fingerprint density at radius 3 is 2.50 bits per heavy atom. The average molecular weight is 363 g/mol. The second-order valence-corrected chi connectivity index (χ2v) is 5.97. The number of halogens is 2. The number of aromatic hydroxyl groups is 1. The van der Waals surface area contributed by atoms with Gasteiger partial charge in [0, 0.05) is 14.9 Å². The number of hydrogen-bond donors (Lipinski definition) is 2. The van der Waals surface area contributed by atoms with E-state index in [2.05, 4.69) is 31.9 Å². The number of phenolic OH excluding ortho intramolecular Hbond substituents is 1. The first-order valence-electron chi connectivity index (χ1n) is 4.57. The third-order valence-corrected chi connectivity index (χ3v) is 4.56. The molecule has 0 aliphatic rings. The van der Waals surface area contributed by atoms with E-state index in [0.29, 0.717) is 10.0 Å². The van der Waals surface area contributed by atoms with Crippen LogP contribution in [0.15, 0.2) is 38.6 Å². The van der Waals surface area contributed by atoms with Gasteiger partial charge in [0.25, 0.3) is 0 Å². The SMILES string of the molecule is N[C@H](c1cccs1)c1c(Br)ccc(Br)c1O. The topological polar surface area (TPSA) is 46.2 Å².